The summed E-state index contributed by atoms with van der Waals surface area (Å²) in [5.41, 5.74) is 1.95. The summed E-state index contributed by atoms with van der Waals surface area (Å²) in [6.45, 7) is 2.08. The number of nitrogens with one attached hydrogen (secondary N) is 1. The fourth-order valence-electron chi connectivity index (χ4n) is 3.03. The number of hydrogen-bond donors (Lipinski definition) is 1. The number of carbonyl (C=O) groups is 1. The third-order valence-electron chi connectivity index (χ3n) is 4.31. The molecule has 1 saturated heterocycles. The van der Waals surface area contributed by atoms with Gasteiger partial charge in [0.2, 0.25) is 0 Å². The normalized spacial score (nSPS) is 14.7. The van der Waals surface area contributed by atoms with E-state index in [4.69, 9.17) is 4.74 Å². The Hall–Kier alpha value is -2.01. The smallest absolute Gasteiger partial charge is 0.262 e. The molecule has 0 unspecified atom stereocenters. The molecule has 2 aromatic carbocycles. The van der Waals surface area contributed by atoms with Gasteiger partial charge in [0, 0.05) is 17.6 Å². The van der Waals surface area contributed by atoms with Crippen LogP contribution < -0.4 is 15.0 Å². The van der Waals surface area contributed by atoms with E-state index >= 15 is 0 Å². The molecule has 2 aromatic rings. The Morgan fingerprint density at radius 3 is 2.40 bits per heavy atom. The largest absolute Gasteiger partial charge is 0.484 e. The molecular formula is C20H23BrN2O2. The van der Waals surface area contributed by atoms with Crippen LogP contribution in [0.25, 0.3) is 0 Å². The fraction of sp³-hybridized carbons (Fsp3) is 0.350. The highest BCUT2D eigenvalue weighted by Gasteiger charge is 2.14. The first-order chi connectivity index (χ1) is 12.2. The van der Waals surface area contributed by atoms with Crippen molar-refractivity contribution in [1.29, 1.82) is 0 Å². The molecule has 1 N–H and O–H groups in total. The Balaban J connectivity index is 1.61. The van der Waals surface area contributed by atoms with Gasteiger partial charge in [-0.25, -0.2) is 0 Å². The molecule has 0 radical (unpaired) electrons. The molecule has 5 heteroatoms. The Bertz CT molecular complexity index is 695. The van der Waals surface area contributed by atoms with Crippen LogP contribution in [0.3, 0.4) is 0 Å². The number of rotatable bonds is 5. The highest BCUT2D eigenvalue weighted by atomic mass is 79.9. The number of ether oxygens (including phenoxy) is 1. The number of hydrogen-bond acceptors (Lipinski definition) is 3. The minimum absolute atomic E-state index is 0.00400. The van der Waals surface area contributed by atoms with Crippen LogP contribution in [0.1, 0.15) is 25.7 Å². The molecule has 1 aliphatic heterocycles. The predicted molar refractivity (Wildman–Crippen MR) is 105 cm³/mol. The molecule has 0 aliphatic carbocycles. The Kier molecular flexibility index (Phi) is 6.34. The molecule has 1 amide bonds. The fourth-order valence-corrected chi connectivity index (χ4v) is 3.30. The molecule has 0 bridgehead atoms. The van der Waals surface area contributed by atoms with Crippen LogP contribution in [0, 0.1) is 0 Å². The van der Waals surface area contributed by atoms with Crippen molar-refractivity contribution >= 4 is 33.2 Å². The summed E-state index contributed by atoms with van der Waals surface area (Å²) < 4.78 is 6.54. The van der Waals surface area contributed by atoms with Crippen molar-refractivity contribution in [3.05, 3.63) is 53.0 Å². The minimum Gasteiger partial charge on any atom is -0.484 e. The lowest BCUT2D eigenvalue weighted by molar-refractivity contribution is -0.118. The summed E-state index contributed by atoms with van der Waals surface area (Å²) in [4.78, 5) is 14.7. The van der Waals surface area contributed by atoms with E-state index in [-0.39, 0.29) is 12.5 Å². The third-order valence-corrected chi connectivity index (χ3v) is 4.84. The van der Waals surface area contributed by atoms with Crippen LogP contribution in [0.4, 0.5) is 11.4 Å². The highest BCUT2D eigenvalue weighted by Crippen LogP contribution is 2.28. The molecular weight excluding hydrogens is 380 g/mol. The van der Waals surface area contributed by atoms with Gasteiger partial charge >= 0.3 is 0 Å². The van der Waals surface area contributed by atoms with E-state index in [1.54, 1.807) is 0 Å². The molecule has 3 rings (SSSR count). The van der Waals surface area contributed by atoms with Crippen molar-refractivity contribution in [3.8, 4) is 5.75 Å². The summed E-state index contributed by atoms with van der Waals surface area (Å²) in [7, 11) is 0. The van der Waals surface area contributed by atoms with Crippen LogP contribution in [0.15, 0.2) is 53.0 Å². The molecule has 132 valence electrons. The molecule has 1 aliphatic rings. The van der Waals surface area contributed by atoms with E-state index in [9.17, 15) is 4.79 Å². The van der Waals surface area contributed by atoms with E-state index in [1.807, 2.05) is 42.5 Å². The Morgan fingerprint density at radius 2 is 1.68 bits per heavy atom. The first-order valence-corrected chi connectivity index (χ1v) is 9.54. The second-order valence-electron chi connectivity index (χ2n) is 6.21. The summed E-state index contributed by atoms with van der Waals surface area (Å²) in [6, 6.07) is 15.5. The zero-order chi connectivity index (χ0) is 17.5. The Morgan fingerprint density at radius 1 is 1.00 bits per heavy atom. The molecule has 1 heterocycles. The van der Waals surface area contributed by atoms with Gasteiger partial charge in [-0.1, -0.05) is 40.9 Å². The lowest BCUT2D eigenvalue weighted by Gasteiger charge is -2.25. The van der Waals surface area contributed by atoms with Gasteiger partial charge in [-0.2, -0.15) is 0 Å². The average Bonchev–Trinajstić information content (AvgIpc) is 2.91. The number of carbonyl (C=O) groups excluding carboxylic acids is 1. The van der Waals surface area contributed by atoms with Crippen molar-refractivity contribution in [2.75, 3.05) is 29.9 Å². The lowest BCUT2D eigenvalue weighted by Crippen LogP contribution is -2.27. The molecule has 0 atom stereocenters. The monoisotopic (exact) mass is 402 g/mol. The molecule has 0 aromatic heterocycles. The molecule has 1 fully saturated rings. The maximum Gasteiger partial charge on any atom is 0.262 e. The van der Waals surface area contributed by atoms with Crippen molar-refractivity contribution < 1.29 is 9.53 Å². The number of halogens is 1. The summed E-state index contributed by atoms with van der Waals surface area (Å²) >= 11 is 3.38. The van der Waals surface area contributed by atoms with Gasteiger partial charge in [0.1, 0.15) is 5.75 Å². The molecule has 0 saturated carbocycles. The number of amides is 1. The first kappa shape index (κ1) is 17.8. The topological polar surface area (TPSA) is 41.6 Å². The van der Waals surface area contributed by atoms with Gasteiger partial charge in [-0.3, -0.25) is 4.79 Å². The van der Waals surface area contributed by atoms with E-state index in [0.29, 0.717) is 5.75 Å². The number of benzene rings is 2. The van der Waals surface area contributed by atoms with Crippen molar-refractivity contribution in [2.24, 2.45) is 0 Å². The summed E-state index contributed by atoms with van der Waals surface area (Å²) in [5.74, 6) is 0.532. The SMILES string of the molecule is O=C(COc1ccc(Br)cc1)Nc1ccccc1N1CCCCCC1. The highest BCUT2D eigenvalue weighted by molar-refractivity contribution is 9.10. The van der Waals surface area contributed by atoms with E-state index in [1.165, 1.54) is 25.7 Å². The van der Waals surface area contributed by atoms with Gasteiger partial charge in [0.15, 0.2) is 6.61 Å². The number of anilines is 2. The maximum absolute atomic E-state index is 12.3. The van der Waals surface area contributed by atoms with Crippen LogP contribution >= 0.6 is 15.9 Å². The average molecular weight is 403 g/mol. The van der Waals surface area contributed by atoms with E-state index in [2.05, 4.69) is 32.2 Å². The van der Waals surface area contributed by atoms with Crippen LogP contribution in [-0.2, 0) is 4.79 Å². The summed E-state index contributed by atoms with van der Waals surface area (Å²) in [5, 5.41) is 3.00. The number of nitrogens with zero attached hydrogens (tertiary/aromatic N) is 1. The first-order valence-electron chi connectivity index (χ1n) is 8.74. The van der Waals surface area contributed by atoms with Gasteiger partial charge in [-0.15, -0.1) is 0 Å². The van der Waals surface area contributed by atoms with Crippen molar-refractivity contribution in [1.82, 2.24) is 0 Å². The zero-order valence-electron chi connectivity index (χ0n) is 14.2. The summed E-state index contributed by atoms with van der Waals surface area (Å²) in [6.07, 6.45) is 4.97. The Labute approximate surface area is 157 Å². The second-order valence-corrected chi connectivity index (χ2v) is 7.12. The quantitative estimate of drug-likeness (QED) is 0.776. The van der Waals surface area contributed by atoms with Gasteiger partial charge < -0.3 is 15.0 Å². The van der Waals surface area contributed by atoms with Gasteiger partial charge in [-0.05, 0) is 49.2 Å². The van der Waals surface area contributed by atoms with Crippen LogP contribution in [-0.4, -0.2) is 25.6 Å². The molecule has 4 nitrogen and oxygen atoms in total. The minimum atomic E-state index is -0.148. The van der Waals surface area contributed by atoms with Gasteiger partial charge in [0.25, 0.3) is 5.91 Å². The lowest BCUT2D eigenvalue weighted by atomic mass is 10.2. The van der Waals surface area contributed by atoms with Crippen molar-refractivity contribution in [2.45, 2.75) is 25.7 Å². The number of para-hydroxylation sites is 2. The second kappa shape index (κ2) is 8.90. The van der Waals surface area contributed by atoms with Crippen LogP contribution in [0.5, 0.6) is 5.75 Å². The standard InChI is InChI=1S/C20H23BrN2O2/c21-16-9-11-17(12-10-16)25-15-20(24)22-18-7-3-4-8-19(18)23-13-5-1-2-6-14-23/h3-4,7-12H,1-2,5-6,13-15H2,(H,22,24). The maximum atomic E-state index is 12.3. The molecule has 0 spiro atoms. The van der Waals surface area contributed by atoms with E-state index < -0.39 is 0 Å². The van der Waals surface area contributed by atoms with E-state index in [0.717, 1.165) is 28.9 Å². The van der Waals surface area contributed by atoms with Crippen LogP contribution in [0.2, 0.25) is 0 Å². The van der Waals surface area contributed by atoms with Gasteiger partial charge in [0.05, 0.1) is 11.4 Å². The zero-order valence-corrected chi connectivity index (χ0v) is 15.8. The third kappa shape index (κ3) is 5.23. The van der Waals surface area contributed by atoms with Crippen molar-refractivity contribution in [3.63, 3.8) is 0 Å². The molecule has 25 heavy (non-hydrogen) atoms. The predicted octanol–water partition coefficient (Wildman–Crippen LogP) is 4.85.